The molecule has 0 saturated carbocycles. The zero-order valence-corrected chi connectivity index (χ0v) is 10.7. The van der Waals surface area contributed by atoms with Gasteiger partial charge in [-0.3, -0.25) is 4.68 Å². The summed E-state index contributed by atoms with van der Waals surface area (Å²) in [6.07, 6.45) is 1.41. The number of hydrogen-bond acceptors (Lipinski definition) is 4. The molecule has 0 aliphatic carbocycles. The van der Waals surface area contributed by atoms with E-state index in [4.69, 9.17) is 5.11 Å². The molecule has 0 amide bonds. The van der Waals surface area contributed by atoms with Crippen molar-refractivity contribution < 1.29 is 9.90 Å². The summed E-state index contributed by atoms with van der Waals surface area (Å²) in [6, 6.07) is 0. The van der Waals surface area contributed by atoms with Gasteiger partial charge in [0.05, 0.1) is 16.6 Å². The average Bonchev–Trinajstić information content (AvgIpc) is 2.55. The third-order valence-corrected chi connectivity index (χ3v) is 3.50. The first-order chi connectivity index (χ1) is 8.06. The van der Waals surface area contributed by atoms with Gasteiger partial charge in [-0.25, -0.2) is 9.78 Å². The first kappa shape index (κ1) is 11.9. The van der Waals surface area contributed by atoms with E-state index in [2.05, 4.69) is 10.1 Å². The van der Waals surface area contributed by atoms with Gasteiger partial charge in [0, 0.05) is 18.1 Å². The van der Waals surface area contributed by atoms with Gasteiger partial charge < -0.3 is 5.11 Å². The van der Waals surface area contributed by atoms with E-state index in [-0.39, 0.29) is 5.56 Å². The molecule has 0 aliphatic rings. The van der Waals surface area contributed by atoms with E-state index in [9.17, 15) is 4.79 Å². The molecule has 0 aliphatic heterocycles. The van der Waals surface area contributed by atoms with Gasteiger partial charge in [-0.2, -0.15) is 5.10 Å². The molecular formula is C11H13N3O2S. The van der Waals surface area contributed by atoms with Crippen molar-refractivity contribution in [3.05, 3.63) is 17.5 Å². The minimum Gasteiger partial charge on any atom is -0.478 e. The third-order valence-electron chi connectivity index (χ3n) is 2.50. The van der Waals surface area contributed by atoms with Crippen molar-refractivity contribution in [1.29, 1.82) is 0 Å². The second kappa shape index (κ2) is 4.37. The molecule has 17 heavy (non-hydrogen) atoms. The van der Waals surface area contributed by atoms with Crippen LogP contribution in [0.15, 0.2) is 11.1 Å². The maximum Gasteiger partial charge on any atom is 0.338 e. The molecule has 0 saturated heterocycles. The monoisotopic (exact) mass is 251 g/mol. The number of carboxylic acids is 1. The molecule has 0 bridgehead atoms. The van der Waals surface area contributed by atoms with E-state index in [1.165, 1.54) is 18.0 Å². The van der Waals surface area contributed by atoms with Gasteiger partial charge >= 0.3 is 5.97 Å². The summed E-state index contributed by atoms with van der Waals surface area (Å²) in [5.41, 5.74) is 1.79. The summed E-state index contributed by atoms with van der Waals surface area (Å²) in [5, 5.41) is 14.3. The molecule has 5 nitrogen and oxygen atoms in total. The summed E-state index contributed by atoms with van der Waals surface area (Å²) in [7, 11) is 1.81. The van der Waals surface area contributed by atoms with Crippen LogP contribution < -0.4 is 0 Å². The first-order valence-corrected chi connectivity index (χ1v) is 6.23. The lowest BCUT2D eigenvalue weighted by Crippen LogP contribution is -2.02. The SMILES string of the molecule is CCSc1c(C(=O)O)cnc2c1c(C)nn2C. The number of rotatable bonds is 3. The Balaban J connectivity index is 2.82. The van der Waals surface area contributed by atoms with E-state index in [1.54, 1.807) is 4.68 Å². The first-order valence-electron chi connectivity index (χ1n) is 5.24. The highest BCUT2D eigenvalue weighted by molar-refractivity contribution is 7.99. The number of fused-ring (bicyclic) bond motifs is 1. The number of nitrogens with zero attached hydrogens (tertiary/aromatic N) is 3. The number of carboxylic acid groups (broad SMARTS) is 1. The van der Waals surface area contributed by atoms with Gasteiger partial charge in [-0.1, -0.05) is 6.92 Å². The Bertz CT molecular complexity index is 592. The molecule has 0 atom stereocenters. The molecule has 0 spiro atoms. The smallest absolute Gasteiger partial charge is 0.338 e. The average molecular weight is 251 g/mol. The molecule has 0 unspecified atom stereocenters. The number of hydrogen-bond donors (Lipinski definition) is 1. The topological polar surface area (TPSA) is 68.0 Å². The van der Waals surface area contributed by atoms with E-state index in [0.717, 1.165) is 27.4 Å². The molecule has 90 valence electrons. The van der Waals surface area contributed by atoms with E-state index in [1.807, 2.05) is 20.9 Å². The Kier molecular flexibility index (Phi) is 3.06. The van der Waals surface area contributed by atoms with Gasteiger partial charge in [-0.05, 0) is 12.7 Å². The zero-order chi connectivity index (χ0) is 12.6. The maximum atomic E-state index is 11.2. The van der Waals surface area contributed by atoms with Crippen molar-refractivity contribution in [3.8, 4) is 0 Å². The lowest BCUT2D eigenvalue weighted by Gasteiger charge is -2.06. The van der Waals surface area contributed by atoms with E-state index < -0.39 is 5.97 Å². The molecule has 0 radical (unpaired) electrons. The van der Waals surface area contributed by atoms with Crippen LogP contribution >= 0.6 is 11.8 Å². The highest BCUT2D eigenvalue weighted by Gasteiger charge is 2.18. The Morgan fingerprint density at radius 1 is 1.59 bits per heavy atom. The number of aromatic carboxylic acids is 1. The maximum absolute atomic E-state index is 11.2. The molecule has 2 aromatic heterocycles. The number of aromatic nitrogens is 3. The molecule has 6 heteroatoms. The van der Waals surface area contributed by atoms with Crippen LogP contribution in [0.4, 0.5) is 0 Å². The highest BCUT2D eigenvalue weighted by Crippen LogP contribution is 2.32. The summed E-state index contributed by atoms with van der Waals surface area (Å²) >= 11 is 1.51. The minimum atomic E-state index is -0.946. The van der Waals surface area contributed by atoms with Crippen LogP contribution in [0.5, 0.6) is 0 Å². The van der Waals surface area contributed by atoms with Gasteiger partial charge in [0.1, 0.15) is 0 Å². The number of aryl methyl sites for hydroxylation is 2. The zero-order valence-electron chi connectivity index (χ0n) is 9.89. The fraction of sp³-hybridized carbons (Fsp3) is 0.364. The Morgan fingerprint density at radius 2 is 2.29 bits per heavy atom. The second-order valence-electron chi connectivity index (χ2n) is 3.65. The number of carbonyl (C=O) groups is 1. The number of thioether (sulfide) groups is 1. The Hall–Kier alpha value is -1.56. The normalized spacial score (nSPS) is 11.0. The van der Waals surface area contributed by atoms with Crippen LogP contribution in [-0.2, 0) is 7.05 Å². The van der Waals surface area contributed by atoms with Crippen molar-refractivity contribution in [3.63, 3.8) is 0 Å². The summed E-state index contributed by atoms with van der Waals surface area (Å²) in [5.74, 6) is -0.133. The van der Waals surface area contributed by atoms with Crippen molar-refractivity contribution in [2.75, 3.05) is 5.75 Å². The van der Waals surface area contributed by atoms with Crippen molar-refractivity contribution in [2.45, 2.75) is 18.7 Å². The molecule has 2 aromatic rings. The summed E-state index contributed by atoms with van der Waals surface area (Å²) < 4.78 is 1.68. The summed E-state index contributed by atoms with van der Waals surface area (Å²) in [6.45, 7) is 3.86. The van der Waals surface area contributed by atoms with Gasteiger partial charge in [-0.15, -0.1) is 11.8 Å². The van der Waals surface area contributed by atoms with Gasteiger partial charge in [0.25, 0.3) is 0 Å². The molecule has 2 rings (SSSR count). The van der Waals surface area contributed by atoms with Crippen LogP contribution in [0.3, 0.4) is 0 Å². The van der Waals surface area contributed by atoms with E-state index in [0.29, 0.717) is 0 Å². The lowest BCUT2D eigenvalue weighted by atomic mass is 10.2. The molecule has 0 aromatic carbocycles. The van der Waals surface area contributed by atoms with Crippen LogP contribution in [-0.4, -0.2) is 31.6 Å². The third kappa shape index (κ3) is 1.88. The van der Waals surface area contributed by atoms with Crippen LogP contribution in [0.1, 0.15) is 23.0 Å². The fourth-order valence-electron chi connectivity index (χ4n) is 1.83. The van der Waals surface area contributed by atoms with Gasteiger partial charge in [0.15, 0.2) is 5.65 Å². The molecule has 2 heterocycles. The highest BCUT2D eigenvalue weighted by atomic mass is 32.2. The predicted molar refractivity (Wildman–Crippen MR) is 66.6 cm³/mol. The largest absolute Gasteiger partial charge is 0.478 e. The van der Waals surface area contributed by atoms with Crippen LogP contribution in [0.25, 0.3) is 11.0 Å². The molecule has 1 N–H and O–H groups in total. The summed E-state index contributed by atoms with van der Waals surface area (Å²) in [4.78, 5) is 16.1. The molecular weight excluding hydrogens is 238 g/mol. The quantitative estimate of drug-likeness (QED) is 0.846. The standard InChI is InChI=1S/C11H13N3O2S/c1-4-17-9-7(11(15)16)5-12-10-8(9)6(2)13-14(10)3/h5H,4H2,1-3H3,(H,15,16). The minimum absolute atomic E-state index is 0.250. The second-order valence-corrected chi connectivity index (χ2v) is 4.92. The van der Waals surface area contributed by atoms with Crippen LogP contribution in [0, 0.1) is 6.92 Å². The molecule has 0 fully saturated rings. The Morgan fingerprint density at radius 3 is 2.88 bits per heavy atom. The van der Waals surface area contributed by atoms with Crippen LogP contribution in [0.2, 0.25) is 0 Å². The van der Waals surface area contributed by atoms with Crippen molar-refractivity contribution in [2.24, 2.45) is 7.05 Å². The van der Waals surface area contributed by atoms with Crippen molar-refractivity contribution >= 4 is 28.8 Å². The fourth-order valence-corrected chi connectivity index (χ4v) is 2.79. The predicted octanol–water partition coefficient (Wildman–Crippen LogP) is 2.09. The Labute approximate surface area is 103 Å². The number of pyridine rings is 1. The van der Waals surface area contributed by atoms with E-state index >= 15 is 0 Å². The lowest BCUT2D eigenvalue weighted by molar-refractivity contribution is 0.0693. The van der Waals surface area contributed by atoms with Gasteiger partial charge in [0.2, 0.25) is 0 Å². The van der Waals surface area contributed by atoms with Crippen molar-refractivity contribution in [1.82, 2.24) is 14.8 Å².